The number of hydrogen-bond donors (Lipinski definition) is 0. The Bertz CT molecular complexity index is 962. The Morgan fingerprint density at radius 1 is 1.12 bits per heavy atom. The zero-order chi connectivity index (χ0) is 18.1. The second kappa shape index (κ2) is 7.39. The molecule has 0 saturated carbocycles. The lowest BCUT2D eigenvalue weighted by atomic mass is 10.2. The number of ether oxygens (including phenoxy) is 2. The number of nitrogens with zero attached hydrogens (tertiary/aromatic N) is 3. The van der Waals surface area contributed by atoms with E-state index in [1.54, 1.807) is 18.1 Å². The second-order valence-electron chi connectivity index (χ2n) is 5.81. The van der Waals surface area contributed by atoms with E-state index in [2.05, 4.69) is 10.2 Å². The van der Waals surface area contributed by atoms with Crippen molar-refractivity contribution in [3.63, 3.8) is 0 Å². The van der Waals surface area contributed by atoms with Crippen molar-refractivity contribution in [1.82, 2.24) is 14.8 Å². The highest BCUT2D eigenvalue weighted by molar-refractivity contribution is 7.98. The van der Waals surface area contributed by atoms with Crippen LogP contribution in [0.25, 0.3) is 5.69 Å². The first kappa shape index (κ1) is 17.5. The van der Waals surface area contributed by atoms with Crippen LogP contribution in [0.1, 0.15) is 11.1 Å². The highest BCUT2D eigenvalue weighted by Gasteiger charge is 2.17. The van der Waals surface area contributed by atoms with Crippen LogP contribution in [0.4, 0.5) is 0 Å². The van der Waals surface area contributed by atoms with Gasteiger partial charge < -0.3 is 9.47 Å². The van der Waals surface area contributed by atoms with E-state index in [-0.39, 0.29) is 0 Å². The van der Waals surface area contributed by atoms with Crippen molar-refractivity contribution in [1.29, 1.82) is 0 Å². The molecule has 0 unspecified atom stereocenters. The molecule has 1 aliphatic rings. The van der Waals surface area contributed by atoms with Crippen LogP contribution in [-0.2, 0) is 5.75 Å². The van der Waals surface area contributed by atoms with E-state index in [4.69, 9.17) is 32.7 Å². The summed E-state index contributed by atoms with van der Waals surface area (Å²) < 4.78 is 13.1. The van der Waals surface area contributed by atoms with Crippen LogP contribution in [0.15, 0.2) is 41.8 Å². The molecule has 3 aromatic rings. The first-order chi connectivity index (χ1) is 12.6. The van der Waals surface area contributed by atoms with Gasteiger partial charge in [-0.1, -0.05) is 41.0 Å². The highest BCUT2D eigenvalue weighted by Crippen LogP contribution is 2.39. The van der Waals surface area contributed by atoms with E-state index in [1.165, 1.54) is 0 Å². The van der Waals surface area contributed by atoms with Gasteiger partial charge in [0.25, 0.3) is 0 Å². The summed E-state index contributed by atoms with van der Waals surface area (Å²) in [7, 11) is 0. The Kier molecular flexibility index (Phi) is 4.98. The van der Waals surface area contributed by atoms with Gasteiger partial charge in [-0.15, -0.1) is 10.2 Å². The minimum absolute atomic E-state index is 0.517. The third-order valence-corrected chi connectivity index (χ3v) is 5.68. The van der Waals surface area contributed by atoms with Gasteiger partial charge in [-0.3, -0.25) is 4.57 Å². The summed E-state index contributed by atoms with van der Waals surface area (Å²) in [6.07, 6.45) is 1.68. The molecule has 0 amide bonds. The standard InChI is InChI=1S/C18H15Cl2N3O2S/c1-11-2-3-13(8-14(11)19)23-10-21-22-18(23)26-9-12-6-15(20)17-16(7-12)24-4-5-25-17/h2-3,6-8,10H,4-5,9H2,1H3. The molecule has 1 aromatic heterocycles. The van der Waals surface area contributed by atoms with Crippen molar-refractivity contribution in [3.05, 3.63) is 57.8 Å². The number of aryl methyl sites for hydroxylation is 1. The maximum absolute atomic E-state index is 6.31. The van der Waals surface area contributed by atoms with Crippen molar-refractivity contribution in [2.24, 2.45) is 0 Å². The van der Waals surface area contributed by atoms with Crippen molar-refractivity contribution in [3.8, 4) is 17.2 Å². The summed E-state index contributed by atoms with van der Waals surface area (Å²) in [5.41, 5.74) is 2.98. The van der Waals surface area contributed by atoms with Gasteiger partial charge in [0.15, 0.2) is 16.7 Å². The molecule has 0 bridgehead atoms. The highest BCUT2D eigenvalue weighted by atomic mass is 35.5. The Labute approximate surface area is 165 Å². The van der Waals surface area contributed by atoms with Gasteiger partial charge in [0.05, 0.1) is 10.7 Å². The smallest absolute Gasteiger partial charge is 0.195 e. The number of thioether (sulfide) groups is 1. The summed E-state index contributed by atoms with van der Waals surface area (Å²) in [5.74, 6) is 1.98. The van der Waals surface area contributed by atoms with Gasteiger partial charge in [0.1, 0.15) is 19.5 Å². The Morgan fingerprint density at radius 2 is 1.96 bits per heavy atom. The third kappa shape index (κ3) is 3.49. The maximum Gasteiger partial charge on any atom is 0.195 e. The predicted octanol–water partition coefficient (Wildman–Crippen LogP) is 4.95. The molecule has 26 heavy (non-hydrogen) atoms. The molecule has 1 aliphatic heterocycles. The molecule has 2 heterocycles. The third-order valence-electron chi connectivity index (χ3n) is 3.97. The van der Waals surface area contributed by atoms with Gasteiger partial charge in [0, 0.05) is 10.8 Å². The van der Waals surface area contributed by atoms with E-state index >= 15 is 0 Å². The van der Waals surface area contributed by atoms with Crippen LogP contribution in [0.3, 0.4) is 0 Å². The monoisotopic (exact) mass is 407 g/mol. The van der Waals surface area contributed by atoms with Crippen LogP contribution in [-0.4, -0.2) is 28.0 Å². The van der Waals surface area contributed by atoms with Crippen LogP contribution in [0.2, 0.25) is 10.0 Å². The van der Waals surface area contributed by atoms with Gasteiger partial charge in [0.2, 0.25) is 0 Å². The summed E-state index contributed by atoms with van der Waals surface area (Å²) in [6.45, 7) is 3.02. The first-order valence-electron chi connectivity index (χ1n) is 7.99. The quantitative estimate of drug-likeness (QED) is 0.572. The van der Waals surface area contributed by atoms with E-state index in [1.807, 2.05) is 41.8 Å². The predicted molar refractivity (Wildman–Crippen MR) is 103 cm³/mol. The fourth-order valence-electron chi connectivity index (χ4n) is 2.63. The molecular formula is C18H15Cl2N3O2S. The number of benzene rings is 2. The molecular weight excluding hydrogens is 393 g/mol. The zero-order valence-corrected chi connectivity index (χ0v) is 16.2. The topological polar surface area (TPSA) is 49.2 Å². The molecule has 0 fully saturated rings. The molecule has 0 N–H and O–H groups in total. The normalized spacial score (nSPS) is 13.0. The minimum atomic E-state index is 0.517. The summed E-state index contributed by atoms with van der Waals surface area (Å²) in [6, 6.07) is 9.73. The lowest BCUT2D eigenvalue weighted by Gasteiger charge is -2.20. The first-order valence-corrected chi connectivity index (χ1v) is 9.73. The largest absolute Gasteiger partial charge is 0.486 e. The average Bonchev–Trinajstić information content (AvgIpc) is 3.11. The van der Waals surface area contributed by atoms with Gasteiger partial charge >= 0.3 is 0 Å². The van der Waals surface area contributed by atoms with E-state index in [0.717, 1.165) is 22.0 Å². The molecule has 0 spiro atoms. The number of rotatable bonds is 4. The van der Waals surface area contributed by atoms with Crippen LogP contribution in [0.5, 0.6) is 11.5 Å². The molecule has 8 heteroatoms. The van der Waals surface area contributed by atoms with Crippen LogP contribution in [0, 0.1) is 6.92 Å². The Balaban J connectivity index is 1.55. The molecule has 0 aliphatic carbocycles. The summed E-state index contributed by atoms with van der Waals surface area (Å²) in [5, 5.41) is 10.3. The Hall–Kier alpha value is -1.89. The molecule has 5 nitrogen and oxygen atoms in total. The van der Waals surface area contributed by atoms with Gasteiger partial charge in [-0.05, 0) is 42.3 Å². The molecule has 134 valence electrons. The van der Waals surface area contributed by atoms with Crippen molar-refractivity contribution < 1.29 is 9.47 Å². The molecule has 0 atom stereocenters. The lowest BCUT2D eigenvalue weighted by molar-refractivity contribution is 0.171. The molecule has 2 aromatic carbocycles. The average molecular weight is 408 g/mol. The van der Waals surface area contributed by atoms with E-state index < -0.39 is 0 Å². The lowest BCUT2D eigenvalue weighted by Crippen LogP contribution is -2.15. The molecule has 0 radical (unpaired) electrons. The number of fused-ring (bicyclic) bond motifs is 1. The minimum Gasteiger partial charge on any atom is -0.486 e. The van der Waals surface area contributed by atoms with Crippen molar-refractivity contribution in [2.75, 3.05) is 13.2 Å². The van der Waals surface area contributed by atoms with Gasteiger partial charge in [-0.2, -0.15) is 0 Å². The summed E-state index contributed by atoms with van der Waals surface area (Å²) >= 11 is 14.1. The van der Waals surface area contributed by atoms with Crippen LogP contribution < -0.4 is 9.47 Å². The van der Waals surface area contributed by atoms with Gasteiger partial charge in [-0.25, -0.2) is 0 Å². The fourth-order valence-corrected chi connectivity index (χ4v) is 3.95. The molecule has 4 rings (SSSR count). The van der Waals surface area contributed by atoms with E-state index in [9.17, 15) is 0 Å². The van der Waals surface area contributed by atoms with Crippen molar-refractivity contribution >= 4 is 35.0 Å². The SMILES string of the molecule is Cc1ccc(-n2cnnc2SCc2cc(Cl)c3c(c2)OCCO3)cc1Cl. The fraction of sp³-hybridized carbons (Fsp3) is 0.222. The number of halogens is 2. The van der Waals surface area contributed by atoms with Crippen LogP contribution >= 0.6 is 35.0 Å². The molecule has 0 saturated heterocycles. The second-order valence-corrected chi connectivity index (χ2v) is 7.56. The zero-order valence-electron chi connectivity index (χ0n) is 13.9. The number of aromatic nitrogens is 3. The maximum atomic E-state index is 6.31. The Morgan fingerprint density at radius 3 is 2.81 bits per heavy atom. The summed E-state index contributed by atoms with van der Waals surface area (Å²) in [4.78, 5) is 0. The van der Waals surface area contributed by atoms with E-state index in [0.29, 0.717) is 40.5 Å². The van der Waals surface area contributed by atoms with Crippen molar-refractivity contribution in [2.45, 2.75) is 17.8 Å². The number of hydrogen-bond acceptors (Lipinski definition) is 5.